The zero-order valence-corrected chi connectivity index (χ0v) is 12.2. The molecular formula is C13H18Li2Si. The molecule has 0 saturated carbocycles. The van der Waals surface area contributed by atoms with Crippen LogP contribution in [-0.4, -0.2) is 46.5 Å². The van der Waals surface area contributed by atoms with E-state index in [1.807, 2.05) is 0 Å². The van der Waals surface area contributed by atoms with Crippen LogP contribution in [0.5, 0.6) is 0 Å². The molecule has 3 heteroatoms. The summed E-state index contributed by atoms with van der Waals surface area (Å²) >= 11 is 0. The fourth-order valence-corrected chi connectivity index (χ4v) is 5.31. The molecule has 2 rings (SSSR count). The quantitative estimate of drug-likeness (QED) is 0.681. The van der Waals surface area contributed by atoms with E-state index in [0.29, 0.717) is 0 Å². The normalized spacial score (nSPS) is 16.6. The zero-order chi connectivity index (χ0) is 9.97. The first-order chi connectivity index (χ1) is 6.86. The molecule has 1 aliphatic carbocycles. The predicted molar refractivity (Wildman–Crippen MR) is 77.8 cm³/mol. The summed E-state index contributed by atoms with van der Waals surface area (Å²) in [5.41, 5.74) is 3.85. The number of hydrogen-bond donors (Lipinski definition) is 0. The minimum absolute atomic E-state index is 0. The maximum absolute atomic E-state index is 2.44. The molecule has 0 saturated heterocycles. The number of rotatable bonds is 3. The summed E-state index contributed by atoms with van der Waals surface area (Å²) < 4.78 is 0. The summed E-state index contributed by atoms with van der Waals surface area (Å²) in [7, 11) is -0.568. The van der Waals surface area contributed by atoms with Crippen molar-refractivity contribution in [3.05, 3.63) is 41.5 Å². The summed E-state index contributed by atoms with van der Waals surface area (Å²) in [5, 5.41) is 0. The van der Waals surface area contributed by atoms with Gasteiger partial charge < -0.3 is 0 Å². The van der Waals surface area contributed by atoms with E-state index in [1.165, 1.54) is 17.7 Å². The van der Waals surface area contributed by atoms with Crippen molar-refractivity contribution in [3.63, 3.8) is 0 Å². The van der Waals surface area contributed by atoms with Crippen molar-refractivity contribution in [2.45, 2.75) is 31.5 Å². The molecule has 76 valence electrons. The molecule has 0 amide bonds. The molecule has 0 aliphatic heterocycles. The Morgan fingerprint density at radius 1 is 1.06 bits per heavy atom. The number of fused-ring (bicyclic) bond motifs is 1. The van der Waals surface area contributed by atoms with Crippen LogP contribution >= 0.6 is 0 Å². The van der Waals surface area contributed by atoms with Crippen LogP contribution in [0.2, 0.25) is 12.1 Å². The summed E-state index contributed by atoms with van der Waals surface area (Å²) in [6, 6.07) is 11.7. The van der Waals surface area contributed by atoms with E-state index < -0.39 is 8.80 Å². The third-order valence-electron chi connectivity index (χ3n) is 3.39. The van der Waals surface area contributed by atoms with Gasteiger partial charge in [0.1, 0.15) is 0 Å². The van der Waals surface area contributed by atoms with Crippen LogP contribution in [-0.2, 0) is 0 Å². The Labute approximate surface area is 125 Å². The van der Waals surface area contributed by atoms with Crippen molar-refractivity contribution >= 4 is 52.6 Å². The topological polar surface area (TPSA) is 0 Å². The first kappa shape index (κ1) is 16.4. The van der Waals surface area contributed by atoms with Gasteiger partial charge in [-0.2, -0.15) is 0 Å². The van der Waals surface area contributed by atoms with E-state index >= 15 is 0 Å². The van der Waals surface area contributed by atoms with Gasteiger partial charge in [0, 0.05) is 46.5 Å². The molecule has 0 bridgehead atoms. The molecule has 1 unspecified atom stereocenters. The van der Waals surface area contributed by atoms with Gasteiger partial charge in [0.15, 0.2) is 0 Å². The Morgan fingerprint density at radius 2 is 1.69 bits per heavy atom. The maximum Gasteiger partial charge on any atom is 0.0491 e. The largest absolute Gasteiger partial charge is 0.0794 e. The van der Waals surface area contributed by atoms with E-state index in [2.05, 4.69) is 50.3 Å². The monoisotopic (exact) mass is 216 g/mol. The van der Waals surface area contributed by atoms with Gasteiger partial charge in [-0.3, -0.25) is 0 Å². The minimum atomic E-state index is -0.568. The first-order valence-electron chi connectivity index (χ1n) is 5.64. The van der Waals surface area contributed by atoms with E-state index in [9.17, 15) is 0 Å². The molecule has 1 aliphatic rings. The minimum Gasteiger partial charge on any atom is -0.0794 e. The van der Waals surface area contributed by atoms with Gasteiger partial charge in [-0.15, -0.1) is 0 Å². The van der Waals surface area contributed by atoms with Crippen molar-refractivity contribution < 1.29 is 0 Å². The molecule has 1 atom stereocenters. The fourth-order valence-electron chi connectivity index (χ4n) is 2.48. The number of hydrogen-bond acceptors (Lipinski definition) is 0. The smallest absolute Gasteiger partial charge is 0.0491 e. The standard InChI is InChI=1S/C13H18Si.2Li/c1-3-14(4-2)13-10-9-11-7-5-6-8-12(11)13;;/h5-10,13-14H,3-4H2,1-2H3;;. The van der Waals surface area contributed by atoms with Gasteiger partial charge in [0.2, 0.25) is 0 Å². The van der Waals surface area contributed by atoms with Crippen molar-refractivity contribution in [3.8, 4) is 0 Å². The van der Waals surface area contributed by atoms with E-state index in [1.54, 1.807) is 5.56 Å². The van der Waals surface area contributed by atoms with Crippen molar-refractivity contribution in [1.82, 2.24) is 0 Å². The molecule has 2 radical (unpaired) electrons. The summed E-state index contributed by atoms with van der Waals surface area (Å²) in [6.45, 7) is 4.71. The average molecular weight is 216 g/mol. The predicted octanol–water partition coefficient (Wildman–Crippen LogP) is 2.84. The number of benzene rings is 1. The molecule has 1 aromatic carbocycles. The van der Waals surface area contributed by atoms with Gasteiger partial charge in [-0.25, -0.2) is 0 Å². The Balaban J connectivity index is 0.00000112. The van der Waals surface area contributed by atoms with Gasteiger partial charge >= 0.3 is 0 Å². The second-order valence-corrected chi connectivity index (χ2v) is 7.96. The Hall–Kier alpha value is 0.372. The van der Waals surface area contributed by atoms with Crippen LogP contribution in [0.3, 0.4) is 0 Å². The van der Waals surface area contributed by atoms with Crippen molar-refractivity contribution in [2.75, 3.05) is 0 Å². The van der Waals surface area contributed by atoms with Gasteiger partial charge in [0.25, 0.3) is 0 Å². The van der Waals surface area contributed by atoms with Crippen molar-refractivity contribution in [2.24, 2.45) is 0 Å². The molecule has 0 aromatic heterocycles. The van der Waals surface area contributed by atoms with E-state index in [-0.39, 0.29) is 37.7 Å². The second-order valence-electron chi connectivity index (χ2n) is 4.09. The third-order valence-corrected chi connectivity index (χ3v) is 7.09. The summed E-state index contributed by atoms with van der Waals surface area (Å²) in [6.07, 6.45) is 4.75. The average Bonchev–Trinajstić information content (AvgIpc) is 2.65. The van der Waals surface area contributed by atoms with E-state index in [4.69, 9.17) is 0 Å². The summed E-state index contributed by atoms with van der Waals surface area (Å²) in [4.78, 5) is 0. The second kappa shape index (κ2) is 7.65. The third kappa shape index (κ3) is 3.19. The molecular weight excluding hydrogens is 198 g/mol. The van der Waals surface area contributed by atoms with Crippen LogP contribution in [0.1, 0.15) is 30.5 Å². The first-order valence-corrected chi connectivity index (χ1v) is 7.94. The molecule has 1 aromatic rings. The van der Waals surface area contributed by atoms with Crippen LogP contribution in [0.25, 0.3) is 6.08 Å². The maximum atomic E-state index is 2.44. The molecule has 0 heterocycles. The van der Waals surface area contributed by atoms with Crippen LogP contribution in [0.15, 0.2) is 30.3 Å². The molecule has 0 N–H and O–H groups in total. The Morgan fingerprint density at radius 3 is 2.31 bits per heavy atom. The fraction of sp³-hybridized carbons (Fsp3) is 0.385. The van der Waals surface area contributed by atoms with Gasteiger partial charge in [-0.1, -0.05) is 62.4 Å². The number of allylic oxidation sites excluding steroid dienone is 1. The zero-order valence-electron chi connectivity index (χ0n) is 11.0. The van der Waals surface area contributed by atoms with Crippen LogP contribution in [0.4, 0.5) is 0 Å². The molecule has 0 spiro atoms. The summed E-state index contributed by atoms with van der Waals surface area (Å²) in [5.74, 6) is 0. The van der Waals surface area contributed by atoms with E-state index in [0.717, 1.165) is 5.54 Å². The van der Waals surface area contributed by atoms with Crippen LogP contribution in [0, 0.1) is 0 Å². The van der Waals surface area contributed by atoms with Gasteiger partial charge in [-0.05, 0) is 16.7 Å². The SMILES string of the molecule is CC[SiH](CC)C1C=Cc2ccccc21.[Li].[Li]. The van der Waals surface area contributed by atoms with Crippen LogP contribution < -0.4 is 0 Å². The molecule has 0 fully saturated rings. The molecule has 16 heavy (non-hydrogen) atoms. The Kier molecular flexibility index (Phi) is 7.83. The van der Waals surface area contributed by atoms with Gasteiger partial charge in [0.05, 0.1) is 0 Å². The van der Waals surface area contributed by atoms with Crippen molar-refractivity contribution in [1.29, 1.82) is 0 Å². The molecule has 0 nitrogen and oxygen atoms in total. The Bertz CT molecular complexity index is 346.